The van der Waals surface area contributed by atoms with Gasteiger partial charge in [0.15, 0.2) is 5.75 Å². The zero-order valence-corrected chi connectivity index (χ0v) is 17.2. The molecule has 150 valence electrons. The first kappa shape index (κ1) is 19.9. The minimum Gasteiger partial charge on any atom is -0.504 e. The Morgan fingerprint density at radius 1 is 0.900 bits per heavy atom. The molecule has 0 fully saturated rings. The highest BCUT2D eigenvalue weighted by Crippen LogP contribution is 2.38. The zero-order valence-electron chi connectivity index (χ0n) is 15.7. The number of nitrogens with one attached hydrogen (secondary N) is 1. The van der Waals surface area contributed by atoms with Gasteiger partial charge >= 0.3 is 0 Å². The van der Waals surface area contributed by atoms with Crippen LogP contribution in [0.4, 0.5) is 5.69 Å². The Morgan fingerprint density at radius 2 is 1.57 bits per heavy atom. The summed E-state index contributed by atoms with van der Waals surface area (Å²) in [5, 5.41) is 11.5. The van der Waals surface area contributed by atoms with Gasteiger partial charge in [0.1, 0.15) is 5.52 Å². The van der Waals surface area contributed by atoms with Crippen molar-refractivity contribution in [3.8, 4) is 5.75 Å². The van der Waals surface area contributed by atoms with E-state index in [0.717, 1.165) is 5.56 Å². The second kappa shape index (κ2) is 8.18. The van der Waals surface area contributed by atoms with E-state index >= 15 is 0 Å². The minimum atomic E-state index is -3.89. The van der Waals surface area contributed by atoms with Crippen molar-refractivity contribution in [2.75, 3.05) is 4.72 Å². The number of aromatic hydroxyl groups is 1. The van der Waals surface area contributed by atoms with Crippen LogP contribution in [0.3, 0.4) is 0 Å². The normalized spacial score (nSPS) is 11.8. The van der Waals surface area contributed by atoms with Gasteiger partial charge in [-0.1, -0.05) is 66.2 Å². The van der Waals surface area contributed by atoms with E-state index in [4.69, 9.17) is 11.6 Å². The molecule has 0 saturated heterocycles. The molecule has 7 heteroatoms. The summed E-state index contributed by atoms with van der Waals surface area (Å²) in [6.07, 6.45) is 3.71. The lowest BCUT2D eigenvalue weighted by molar-refractivity contribution is 0.482. The Morgan fingerprint density at radius 3 is 2.27 bits per heavy atom. The fraction of sp³-hybridized carbons (Fsp3) is 0. The molecular formula is C23H17ClN2O3S. The second-order valence-corrected chi connectivity index (χ2v) is 8.64. The van der Waals surface area contributed by atoms with Crippen molar-refractivity contribution < 1.29 is 13.5 Å². The van der Waals surface area contributed by atoms with Crippen LogP contribution in [0.15, 0.2) is 83.8 Å². The first-order chi connectivity index (χ1) is 14.4. The van der Waals surface area contributed by atoms with Crippen LogP contribution < -0.4 is 4.72 Å². The largest absolute Gasteiger partial charge is 0.504 e. The third-order valence-electron chi connectivity index (χ3n) is 4.47. The maximum atomic E-state index is 12.6. The van der Waals surface area contributed by atoms with Gasteiger partial charge in [-0.25, -0.2) is 13.4 Å². The molecule has 4 aromatic rings. The molecule has 3 aromatic carbocycles. The lowest BCUT2D eigenvalue weighted by Crippen LogP contribution is -2.13. The first-order valence-electron chi connectivity index (χ1n) is 9.07. The summed E-state index contributed by atoms with van der Waals surface area (Å²) in [7, 11) is -3.89. The monoisotopic (exact) mass is 436 g/mol. The Bertz CT molecular complexity index is 1340. The standard InChI is InChI=1S/C23H17ClN2O3S/c24-20-15-21(26-30(28,29)18-9-5-2-6-10-18)23(27)22-19(20)14-13-17(25-22)12-11-16-7-3-1-4-8-16/h1-15,26-27H/b12-11+. The highest BCUT2D eigenvalue weighted by atomic mass is 35.5. The molecule has 0 spiro atoms. The highest BCUT2D eigenvalue weighted by Gasteiger charge is 2.19. The summed E-state index contributed by atoms with van der Waals surface area (Å²) in [6.45, 7) is 0. The lowest BCUT2D eigenvalue weighted by Gasteiger charge is -2.12. The number of rotatable bonds is 5. The molecule has 4 rings (SSSR count). The van der Waals surface area contributed by atoms with E-state index in [9.17, 15) is 13.5 Å². The topological polar surface area (TPSA) is 79.3 Å². The molecule has 2 N–H and O–H groups in total. The molecule has 0 aliphatic heterocycles. The van der Waals surface area contributed by atoms with Crippen LogP contribution in [0.25, 0.3) is 23.1 Å². The summed E-state index contributed by atoms with van der Waals surface area (Å²) < 4.78 is 27.7. The summed E-state index contributed by atoms with van der Waals surface area (Å²) in [5.41, 5.74) is 1.78. The molecule has 0 aliphatic rings. The van der Waals surface area contributed by atoms with Gasteiger partial charge in [-0.3, -0.25) is 4.72 Å². The van der Waals surface area contributed by atoms with E-state index in [2.05, 4.69) is 9.71 Å². The van der Waals surface area contributed by atoms with Crippen molar-refractivity contribution in [3.63, 3.8) is 0 Å². The number of sulfonamides is 1. The Kier molecular flexibility index (Phi) is 5.44. The van der Waals surface area contributed by atoms with Gasteiger partial charge in [0.05, 0.1) is 21.3 Å². The van der Waals surface area contributed by atoms with Gasteiger partial charge < -0.3 is 5.11 Å². The molecule has 5 nitrogen and oxygen atoms in total. The van der Waals surface area contributed by atoms with E-state index in [1.165, 1.54) is 18.2 Å². The van der Waals surface area contributed by atoms with Gasteiger partial charge in [0, 0.05) is 5.39 Å². The number of benzene rings is 3. The summed E-state index contributed by atoms with van der Waals surface area (Å²) in [6, 6.07) is 22.5. The highest BCUT2D eigenvalue weighted by molar-refractivity contribution is 7.92. The molecule has 0 radical (unpaired) electrons. The van der Waals surface area contributed by atoms with Crippen molar-refractivity contribution in [1.29, 1.82) is 0 Å². The van der Waals surface area contributed by atoms with Crippen LogP contribution in [0, 0.1) is 0 Å². The number of phenols is 1. The number of halogens is 1. The molecule has 0 saturated carbocycles. The fourth-order valence-electron chi connectivity index (χ4n) is 2.97. The molecule has 1 heterocycles. The predicted octanol–water partition coefficient (Wildman–Crippen LogP) is 5.57. The van der Waals surface area contributed by atoms with Crippen LogP contribution in [0.2, 0.25) is 5.02 Å². The number of anilines is 1. The van der Waals surface area contributed by atoms with E-state index < -0.39 is 10.0 Å². The second-order valence-electron chi connectivity index (χ2n) is 6.55. The Labute approximate surface area is 179 Å². The van der Waals surface area contributed by atoms with Crippen molar-refractivity contribution in [2.24, 2.45) is 0 Å². The predicted molar refractivity (Wildman–Crippen MR) is 121 cm³/mol. The fourth-order valence-corrected chi connectivity index (χ4v) is 4.31. The molecule has 1 aromatic heterocycles. The van der Waals surface area contributed by atoms with Gasteiger partial charge in [0.25, 0.3) is 10.0 Å². The molecular weight excluding hydrogens is 420 g/mol. The molecule has 0 amide bonds. The Hall–Kier alpha value is -3.35. The number of phenolic OH excluding ortho intramolecular Hbond substituents is 1. The van der Waals surface area contributed by atoms with Crippen LogP contribution in [0.1, 0.15) is 11.3 Å². The smallest absolute Gasteiger partial charge is 0.262 e. The van der Waals surface area contributed by atoms with Crippen molar-refractivity contribution in [2.45, 2.75) is 4.90 Å². The number of fused-ring (bicyclic) bond motifs is 1. The SMILES string of the molecule is O=S(=O)(Nc1cc(Cl)c2ccc(/C=C/c3ccccc3)nc2c1O)c1ccccc1. The van der Waals surface area contributed by atoms with Crippen LogP contribution in [-0.4, -0.2) is 18.5 Å². The molecule has 0 aliphatic carbocycles. The third-order valence-corrected chi connectivity index (χ3v) is 6.16. The van der Waals surface area contributed by atoms with Crippen molar-refractivity contribution in [1.82, 2.24) is 4.98 Å². The third kappa shape index (κ3) is 4.15. The summed E-state index contributed by atoms with van der Waals surface area (Å²) in [5.74, 6) is -0.288. The number of pyridine rings is 1. The zero-order chi connectivity index (χ0) is 21.1. The van der Waals surface area contributed by atoms with Crippen LogP contribution >= 0.6 is 11.6 Å². The maximum absolute atomic E-state index is 12.6. The van der Waals surface area contributed by atoms with Gasteiger partial charge in [0.2, 0.25) is 0 Å². The van der Waals surface area contributed by atoms with Gasteiger partial charge in [-0.15, -0.1) is 0 Å². The minimum absolute atomic E-state index is 0.0342. The van der Waals surface area contributed by atoms with E-state index in [0.29, 0.717) is 11.1 Å². The quantitative estimate of drug-likeness (QED) is 0.401. The number of aromatic nitrogens is 1. The average molecular weight is 437 g/mol. The van der Waals surface area contributed by atoms with E-state index in [1.54, 1.807) is 30.3 Å². The van der Waals surface area contributed by atoms with E-state index in [-0.39, 0.29) is 26.9 Å². The van der Waals surface area contributed by atoms with Crippen LogP contribution in [0.5, 0.6) is 5.75 Å². The Balaban J connectivity index is 1.73. The lowest BCUT2D eigenvalue weighted by atomic mass is 10.1. The number of hydrogen-bond donors (Lipinski definition) is 2. The molecule has 30 heavy (non-hydrogen) atoms. The van der Waals surface area contributed by atoms with E-state index in [1.807, 2.05) is 42.5 Å². The molecule has 0 atom stereocenters. The number of nitrogens with zero attached hydrogens (tertiary/aromatic N) is 1. The summed E-state index contributed by atoms with van der Waals surface area (Å²) in [4.78, 5) is 4.53. The molecule has 0 bridgehead atoms. The number of hydrogen-bond acceptors (Lipinski definition) is 4. The van der Waals surface area contributed by atoms with Gasteiger partial charge in [-0.2, -0.15) is 0 Å². The first-order valence-corrected chi connectivity index (χ1v) is 10.9. The average Bonchev–Trinajstić information content (AvgIpc) is 2.77. The van der Waals surface area contributed by atoms with Crippen molar-refractivity contribution in [3.05, 3.63) is 95.1 Å². The molecule has 0 unspecified atom stereocenters. The summed E-state index contributed by atoms with van der Waals surface area (Å²) >= 11 is 6.33. The van der Waals surface area contributed by atoms with Crippen LogP contribution in [-0.2, 0) is 10.0 Å². The van der Waals surface area contributed by atoms with Crippen molar-refractivity contribution >= 4 is 50.4 Å². The van der Waals surface area contributed by atoms with Gasteiger partial charge in [-0.05, 0) is 42.0 Å². The maximum Gasteiger partial charge on any atom is 0.262 e.